The first-order valence-electron chi connectivity index (χ1n) is 13.4. The van der Waals surface area contributed by atoms with Crippen LogP contribution in [-0.4, -0.2) is 66.2 Å². The van der Waals surface area contributed by atoms with Crippen LogP contribution in [0.2, 0.25) is 0 Å². The Morgan fingerprint density at radius 3 is 2.02 bits per heavy atom. The first kappa shape index (κ1) is 21.8. The number of allylic oxidation sites excluding steroid dienone is 8. The summed E-state index contributed by atoms with van der Waals surface area (Å²) < 4.78 is 17.6. The molecular weight excluding hydrogens is 496 g/mol. The van der Waals surface area contributed by atoms with Gasteiger partial charge in [-0.25, -0.2) is 4.98 Å². The van der Waals surface area contributed by atoms with E-state index in [4.69, 9.17) is 14.4 Å². The van der Waals surface area contributed by atoms with E-state index in [1.54, 1.807) is 0 Å². The first-order chi connectivity index (χ1) is 19.8. The average molecular weight is 516 g/mol. The second kappa shape index (κ2) is 8.22. The van der Waals surface area contributed by atoms with Crippen molar-refractivity contribution in [3.8, 4) is 0 Å². The van der Waals surface area contributed by atoms with Gasteiger partial charge in [-0.05, 0) is 61.2 Å². The zero-order valence-electron chi connectivity index (χ0n) is 21.3. The van der Waals surface area contributed by atoms with Gasteiger partial charge < -0.3 is 23.3 Å². The molecule has 0 bridgehead atoms. The first-order valence-corrected chi connectivity index (χ1v) is 13.4. The topological polar surface area (TPSA) is 69.2 Å². The number of aromatic nitrogens is 4. The molecule has 9 nitrogen and oxygen atoms in total. The van der Waals surface area contributed by atoms with Crippen molar-refractivity contribution >= 4 is 61.6 Å². The standard InChI is InChI=1S/C27H20B4N8O/c1-2-10-23-22(9-1)33-27-39(23)24-20-32-25(34-26(24)40-27)21-11-18-38-30-14-4-7-16-36(30)28-12-3-6-15-35(28)29-13-5-8-17-37(29)31(38)19-21/h1-20H. The highest BCUT2D eigenvalue weighted by molar-refractivity contribution is 6.92. The van der Waals surface area contributed by atoms with Crippen LogP contribution in [0.15, 0.2) is 126 Å². The van der Waals surface area contributed by atoms with E-state index in [1.807, 2.05) is 34.9 Å². The van der Waals surface area contributed by atoms with Gasteiger partial charge >= 0.3 is 33.8 Å². The molecule has 0 saturated carbocycles. The summed E-state index contributed by atoms with van der Waals surface area (Å²) in [6, 6.07) is 7.98. The van der Waals surface area contributed by atoms with Gasteiger partial charge in [-0.2, -0.15) is 9.97 Å². The molecular formula is C27H20B4N8O. The van der Waals surface area contributed by atoms with Crippen molar-refractivity contribution in [1.82, 2.24) is 38.2 Å². The van der Waals surface area contributed by atoms with Gasteiger partial charge in [0.05, 0.1) is 17.2 Å². The molecule has 1 aromatic carbocycles. The molecule has 40 heavy (non-hydrogen) atoms. The fraction of sp³-hybridized carbons (Fsp3) is 0. The van der Waals surface area contributed by atoms with Crippen LogP contribution >= 0.6 is 0 Å². The summed E-state index contributed by atoms with van der Waals surface area (Å²) in [5.74, 6) is 10.1. The van der Waals surface area contributed by atoms with Gasteiger partial charge in [0, 0.05) is 5.57 Å². The number of para-hydroxylation sites is 2. The van der Waals surface area contributed by atoms with E-state index in [-0.39, 0.29) is 27.9 Å². The lowest BCUT2D eigenvalue weighted by molar-refractivity contribution is 0.621. The van der Waals surface area contributed by atoms with E-state index < -0.39 is 0 Å². The molecule has 0 amide bonds. The lowest BCUT2D eigenvalue weighted by Crippen LogP contribution is -2.73. The second-order valence-electron chi connectivity index (χ2n) is 10.3. The summed E-state index contributed by atoms with van der Waals surface area (Å²) in [6.07, 6.45) is 25.3. The zero-order chi connectivity index (χ0) is 26.2. The van der Waals surface area contributed by atoms with Crippen molar-refractivity contribution in [3.05, 3.63) is 128 Å². The number of nitrogens with zero attached hydrogens (tertiary/aromatic N) is 8. The lowest BCUT2D eigenvalue weighted by atomic mass is 9.41. The van der Waals surface area contributed by atoms with E-state index in [0.717, 1.165) is 22.1 Å². The van der Waals surface area contributed by atoms with E-state index >= 15 is 0 Å². The monoisotopic (exact) mass is 516 g/mol. The van der Waals surface area contributed by atoms with Crippen LogP contribution in [0.25, 0.3) is 33.7 Å². The van der Waals surface area contributed by atoms with Gasteiger partial charge in [-0.15, -0.1) is 0 Å². The van der Waals surface area contributed by atoms with Crippen molar-refractivity contribution in [3.63, 3.8) is 0 Å². The van der Waals surface area contributed by atoms with Gasteiger partial charge in [0.1, 0.15) is 5.52 Å². The number of fused-ring (bicyclic) bond motifs is 13. The van der Waals surface area contributed by atoms with Crippen molar-refractivity contribution in [2.75, 3.05) is 0 Å². The van der Waals surface area contributed by atoms with Crippen LogP contribution in [0.3, 0.4) is 0 Å². The van der Waals surface area contributed by atoms with E-state index in [2.05, 4.69) is 115 Å². The van der Waals surface area contributed by atoms with Gasteiger partial charge in [0.15, 0.2) is 5.82 Å². The van der Waals surface area contributed by atoms with Crippen LogP contribution in [0.5, 0.6) is 0 Å². The summed E-state index contributed by atoms with van der Waals surface area (Å²) in [6.45, 7) is 0.0662. The Hall–Kier alpha value is -5.05. The third kappa shape index (κ3) is 3.05. The Balaban J connectivity index is 1.16. The normalized spacial score (nSPS) is 19.1. The highest BCUT2D eigenvalue weighted by Crippen LogP contribution is 2.31. The third-order valence-electron chi connectivity index (χ3n) is 8.11. The molecule has 0 aliphatic carbocycles. The molecule has 1 saturated heterocycles. The summed E-state index contributed by atoms with van der Waals surface area (Å²) in [7, 11) is 0. The molecule has 4 aromatic rings. The van der Waals surface area contributed by atoms with Crippen molar-refractivity contribution in [2.24, 2.45) is 0 Å². The number of hydrogen-bond donors (Lipinski definition) is 0. The maximum Gasteiger partial charge on any atom is 0.381 e. The van der Waals surface area contributed by atoms with E-state index in [0.29, 0.717) is 17.4 Å². The quantitative estimate of drug-likeness (QED) is 0.357. The Bertz CT molecular complexity index is 1920. The number of imidazole rings is 1. The van der Waals surface area contributed by atoms with Gasteiger partial charge in [-0.3, -0.25) is 4.40 Å². The summed E-state index contributed by atoms with van der Waals surface area (Å²) in [5, 5.41) is 0. The Morgan fingerprint density at radius 2 is 1.30 bits per heavy atom. The predicted molar refractivity (Wildman–Crippen MR) is 160 cm³/mol. The molecule has 3 aromatic heterocycles. The largest absolute Gasteiger partial charge is 0.423 e. The van der Waals surface area contributed by atoms with Crippen molar-refractivity contribution in [2.45, 2.75) is 0 Å². The molecule has 0 N–H and O–H groups in total. The van der Waals surface area contributed by atoms with E-state index in [1.165, 1.54) is 0 Å². The maximum absolute atomic E-state index is 6.09. The van der Waals surface area contributed by atoms with Crippen LogP contribution in [0.1, 0.15) is 5.82 Å². The highest BCUT2D eigenvalue weighted by Gasteiger charge is 2.49. The fourth-order valence-corrected chi connectivity index (χ4v) is 6.30. The smallest absolute Gasteiger partial charge is 0.381 e. The number of hydrogen-bond acceptors (Lipinski definition) is 8. The van der Waals surface area contributed by atoms with Gasteiger partial charge in [0.2, 0.25) is 0 Å². The zero-order valence-corrected chi connectivity index (χ0v) is 21.3. The molecule has 8 heterocycles. The number of rotatable bonds is 1. The molecule has 9 rings (SSSR count). The summed E-state index contributed by atoms with van der Waals surface area (Å²) in [4.78, 5) is 14.3. The Morgan fingerprint density at radius 1 is 0.650 bits per heavy atom. The molecule has 0 radical (unpaired) electrons. The summed E-state index contributed by atoms with van der Waals surface area (Å²) >= 11 is 0. The van der Waals surface area contributed by atoms with Crippen LogP contribution in [0.4, 0.5) is 0 Å². The minimum absolute atomic E-state index is 0.0301. The molecule has 13 heteroatoms. The number of oxazole rings is 1. The van der Waals surface area contributed by atoms with Gasteiger partial charge in [0.25, 0.3) is 5.71 Å². The predicted octanol–water partition coefficient (Wildman–Crippen LogP) is 3.52. The minimum Gasteiger partial charge on any atom is -0.423 e. The molecule has 5 aliphatic rings. The molecule has 0 unspecified atom stereocenters. The summed E-state index contributed by atoms with van der Waals surface area (Å²) in [5.41, 5.74) is 4.12. The van der Waals surface area contributed by atoms with Crippen LogP contribution in [0, 0.1) is 0 Å². The Labute approximate surface area is 231 Å². The molecule has 5 aliphatic heterocycles. The maximum atomic E-state index is 6.09. The van der Waals surface area contributed by atoms with Crippen molar-refractivity contribution < 1.29 is 4.42 Å². The highest BCUT2D eigenvalue weighted by atomic mass is 16.4. The van der Waals surface area contributed by atoms with Crippen LogP contribution < -0.4 is 0 Å². The van der Waals surface area contributed by atoms with Crippen LogP contribution in [-0.2, 0) is 0 Å². The second-order valence-corrected chi connectivity index (χ2v) is 10.3. The third-order valence-corrected chi connectivity index (χ3v) is 8.11. The van der Waals surface area contributed by atoms with Crippen molar-refractivity contribution in [1.29, 1.82) is 0 Å². The number of benzene rings is 1. The average Bonchev–Trinajstić information content (AvgIpc) is 3.56. The lowest BCUT2D eigenvalue weighted by Gasteiger charge is -2.53. The fourth-order valence-electron chi connectivity index (χ4n) is 6.30. The van der Waals surface area contributed by atoms with E-state index in [9.17, 15) is 0 Å². The van der Waals surface area contributed by atoms with Gasteiger partial charge in [-0.1, -0.05) is 54.3 Å². The SMILES string of the molecule is C1=CB2N(C=C1)B1C=CC=CN1B1C=C(c3ncc4c(n3)oc3nc5ccccc5n34)C=CN1B1C=CC=CN21. The molecule has 186 valence electrons. The molecule has 0 spiro atoms. The molecule has 1 fully saturated rings. The minimum atomic E-state index is -0.0766. The molecule has 0 atom stereocenters. The Kier molecular flexibility index (Phi) is 4.49.